The molecule has 4 aliphatic rings. The third-order valence-electron chi connectivity index (χ3n) is 12.7. The van der Waals surface area contributed by atoms with Gasteiger partial charge >= 0.3 is 0 Å². The lowest BCUT2D eigenvalue weighted by Crippen LogP contribution is -2.51. The van der Waals surface area contributed by atoms with Gasteiger partial charge in [-0.2, -0.15) is 0 Å². The number of hydrogen-bond donors (Lipinski definition) is 1. The van der Waals surface area contributed by atoms with Gasteiger partial charge in [-0.05, 0) is 99.7 Å². The maximum Gasteiger partial charge on any atom is 0.262 e. The fourth-order valence-electron chi connectivity index (χ4n) is 9.19. The van der Waals surface area contributed by atoms with Crippen LogP contribution in [0, 0.1) is 11.8 Å². The number of nitrogens with zero attached hydrogens (tertiary/aromatic N) is 5. The Balaban J connectivity index is 0.687. The average Bonchev–Trinajstić information content (AvgIpc) is 3.70. The molecule has 10 rings (SSSR count). The van der Waals surface area contributed by atoms with Crippen LogP contribution in [0.1, 0.15) is 78.7 Å². The van der Waals surface area contributed by atoms with Crippen molar-refractivity contribution >= 4 is 45.2 Å². The third kappa shape index (κ3) is 7.89. The number of ether oxygens (including phenoxy) is 3. The quantitative estimate of drug-likeness (QED) is 0.114. The number of amides is 3. The summed E-state index contributed by atoms with van der Waals surface area (Å²) < 4.78 is 21.2. The van der Waals surface area contributed by atoms with Crippen LogP contribution in [0.5, 0.6) is 11.6 Å². The SMILES string of the molecule is C=C1CCC(N2C(=O)c3ccc(OC(C)(C)C#Cc4cccc(N5CCC(OC6CC(Oc7ccc(-c8ccc9c%10cnccc%10n(C)c9c8)cn7)C6)CC5)c4)cc3C2=O)C(=O)N1. The van der Waals surface area contributed by atoms with Crippen molar-refractivity contribution < 1.29 is 28.6 Å². The summed E-state index contributed by atoms with van der Waals surface area (Å²) in [7, 11) is 2.09. The van der Waals surface area contributed by atoms with Crippen molar-refractivity contribution in [2.75, 3.05) is 18.0 Å². The summed E-state index contributed by atoms with van der Waals surface area (Å²) in [5.41, 5.74) is 6.61. The average molecular weight is 841 g/mol. The Hall–Kier alpha value is -6.97. The lowest BCUT2D eigenvalue weighted by Gasteiger charge is -2.40. The minimum absolute atomic E-state index is 0.0986. The molecule has 6 heterocycles. The van der Waals surface area contributed by atoms with E-state index in [4.69, 9.17) is 14.2 Å². The number of carbonyl (C=O) groups is 3. The standard InChI is InChI=1S/C51H48N6O6/c1-31-8-14-45(48(58)54-31)57-49(59)41-13-11-37(28-42(41)50(57)60)63-51(2,3)20-16-32-6-5-7-35(24-32)56-22-18-36(19-23-56)61-38-26-39(27-38)62-47-15-10-34(29-53-47)33-9-12-40-43-30-52-21-17-44(43)55(4)46(40)25-33/h5-7,9-13,15,17,21,24-25,28-30,36,38-39,45H,1,8,14,18-19,22-23,26-27H2,2-4H3,(H,54,58). The molecule has 1 unspecified atom stereocenters. The van der Waals surface area contributed by atoms with Gasteiger partial charge in [0, 0.05) is 96.4 Å². The molecule has 6 aromatic rings. The highest BCUT2D eigenvalue weighted by Crippen LogP contribution is 2.35. The van der Waals surface area contributed by atoms with Crippen LogP contribution < -0.4 is 19.7 Å². The van der Waals surface area contributed by atoms with Crippen LogP contribution in [0.25, 0.3) is 32.9 Å². The van der Waals surface area contributed by atoms with E-state index in [0.29, 0.717) is 30.2 Å². The Morgan fingerprint density at radius 2 is 1.62 bits per heavy atom. The van der Waals surface area contributed by atoms with Crippen molar-refractivity contribution in [1.29, 1.82) is 0 Å². The number of pyridine rings is 2. The maximum atomic E-state index is 13.4. The van der Waals surface area contributed by atoms with Gasteiger partial charge in [-0.3, -0.25) is 24.3 Å². The summed E-state index contributed by atoms with van der Waals surface area (Å²) in [4.78, 5) is 51.5. The second kappa shape index (κ2) is 16.1. The predicted molar refractivity (Wildman–Crippen MR) is 240 cm³/mol. The Kier molecular flexibility index (Phi) is 10.2. The number of rotatable bonds is 9. The number of hydrogen-bond acceptors (Lipinski definition) is 9. The van der Waals surface area contributed by atoms with Gasteiger partial charge in [-0.15, -0.1) is 0 Å². The lowest BCUT2D eigenvalue weighted by atomic mass is 9.91. The molecule has 2 saturated heterocycles. The molecule has 3 aromatic carbocycles. The van der Waals surface area contributed by atoms with Crippen LogP contribution >= 0.6 is 0 Å². The van der Waals surface area contributed by atoms with Crippen molar-refractivity contribution in [2.45, 2.75) is 82.3 Å². The van der Waals surface area contributed by atoms with Crippen LogP contribution in [-0.4, -0.2) is 80.2 Å². The van der Waals surface area contributed by atoms with E-state index in [9.17, 15) is 14.4 Å². The molecule has 3 amide bonds. The molecular formula is C51H48N6O6. The van der Waals surface area contributed by atoms with Crippen LogP contribution in [0.2, 0.25) is 0 Å². The zero-order valence-corrected chi connectivity index (χ0v) is 35.6. The van der Waals surface area contributed by atoms with E-state index in [2.05, 4.69) is 86.6 Å². The summed E-state index contributed by atoms with van der Waals surface area (Å²) in [6.07, 6.45) is 10.6. The number of anilines is 1. The Labute approximate surface area is 365 Å². The first-order chi connectivity index (χ1) is 30.5. The van der Waals surface area contributed by atoms with Crippen LogP contribution in [0.3, 0.4) is 0 Å². The summed E-state index contributed by atoms with van der Waals surface area (Å²) in [6, 6.07) is 24.7. The van der Waals surface area contributed by atoms with Crippen LogP contribution in [0.4, 0.5) is 5.69 Å². The number of nitrogens with one attached hydrogen (secondary N) is 1. The van der Waals surface area contributed by atoms with E-state index in [0.717, 1.165) is 82.5 Å². The summed E-state index contributed by atoms with van der Waals surface area (Å²) >= 11 is 0. The second-order valence-corrected chi connectivity index (χ2v) is 17.5. The van der Waals surface area contributed by atoms with Gasteiger partial charge in [0.25, 0.3) is 11.8 Å². The van der Waals surface area contributed by atoms with E-state index < -0.39 is 29.4 Å². The highest BCUT2D eigenvalue weighted by Gasteiger charge is 2.44. The molecule has 0 radical (unpaired) electrons. The van der Waals surface area contributed by atoms with Gasteiger partial charge in [-0.1, -0.05) is 36.6 Å². The molecule has 3 aliphatic heterocycles. The second-order valence-electron chi connectivity index (χ2n) is 17.5. The normalized spacial score (nSPS) is 20.3. The molecule has 0 spiro atoms. The Bertz CT molecular complexity index is 2880. The van der Waals surface area contributed by atoms with Crippen LogP contribution in [0.15, 0.2) is 110 Å². The number of fused-ring (bicyclic) bond motifs is 4. The largest absolute Gasteiger partial charge is 0.475 e. The smallest absolute Gasteiger partial charge is 0.262 e. The molecule has 12 nitrogen and oxygen atoms in total. The Morgan fingerprint density at radius 3 is 2.41 bits per heavy atom. The van der Waals surface area contributed by atoms with Crippen molar-refractivity contribution in [2.24, 2.45) is 7.05 Å². The van der Waals surface area contributed by atoms with Gasteiger partial charge in [0.15, 0.2) is 5.60 Å². The first-order valence-electron chi connectivity index (χ1n) is 21.6. The zero-order chi connectivity index (χ0) is 43.4. The minimum Gasteiger partial charge on any atom is -0.475 e. The number of aromatic nitrogens is 3. The van der Waals surface area contributed by atoms with E-state index >= 15 is 0 Å². The summed E-state index contributed by atoms with van der Waals surface area (Å²) in [6.45, 7) is 9.29. The number of benzene rings is 3. The van der Waals surface area contributed by atoms with Crippen molar-refractivity contribution in [1.82, 2.24) is 24.8 Å². The van der Waals surface area contributed by atoms with E-state index in [-0.39, 0.29) is 29.4 Å². The molecule has 1 saturated carbocycles. The predicted octanol–water partition coefficient (Wildman–Crippen LogP) is 7.98. The summed E-state index contributed by atoms with van der Waals surface area (Å²) in [5.74, 6) is 6.18. The minimum atomic E-state index is -0.908. The zero-order valence-electron chi connectivity index (χ0n) is 35.6. The number of carbonyl (C=O) groups excluding carboxylic acids is 3. The Morgan fingerprint density at radius 1 is 0.810 bits per heavy atom. The first-order valence-corrected chi connectivity index (χ1v) is 21.6. The monoisotopic (exact) mass is 840 g/mol. The molecule has 0 bridgehead atoms. The maximum absolute atomic E-state index is 13.4. The molecule has 63 heavy (non-hydrogen) atoms. The van der Waals surface area contributed by atoms with Gasteiger partial charge in [-0.25, -0.2) is 4.98 Å². The fourth-order valence-corrected chi connectivity index (χ4v) is 9.19. The lowest BCUT2D eigenvalue weighted by molar-refractivity contribution is -0.125. The van der Waals surface area contributed by atoms with Crippen molar-refractivity contribution in [3.05, 3.63) is 126 Å². The van der Waals surface area contributed by atoms with Crippen molar-refractivity contribution in [3.63, 3.8) is 0 Å². The highest BCUT2D eigenvalue weighted by molar-refractivity contribution is 6.23. The number of piperidine rings is 2. The fraction of sp³-hybridized carbons (Fsp3) is 0.314. The topological polar surface area (TPSA) is 128 Å². The molecular weight excluding hydrogens is 793 g/mol. The molecule has 1 N–H and O–H groups in total. The highest BCUT2D eigenvalue weighted by atomic mass is 16.5. The first kappa shape index (κ1) is 40.1. The van der Waals surface area contributed by atoms with E-state index in [1.54, 1.807) is 18.2 Å². The van der Waals surface area contributed by atoms with Crippen molar-refractivity contribution in [3.8, 4) is 34.6 Å². The van der Waals surface area contributed by atoms with E-state index in [1.165, 1.54) is 5.39 Å². The molecule has 1 atom stereocenters. The van der Waals surface area contributed by atoms with Crippen LogP contribution in [-0.2, 0) is 16.6 Å². The van der Waals surface area contributed by atoms with Gasteiger partial charge in [0.05, 0.1) is 28.9 Å². The van der Waals surface area contributed by atoms with Gasteiger partial charge < -0.3 is 29.0 Å². The summed E-state index contributed by atoms with van der Waals surface area (Å²) in [5, 5.41) is 5.01. The third-order valence-corrected chi connectivity index (χ3v) is 12.7. The number of allylic oxidation sites excluding steroid dienone is 1. The molecule has 318 valence electrons. The van der Waals surface area contributed by atoms with E-state index in [1.807, 2.05) is 56.7 Å². The molecule has 1 aliphatic carbocycles. The van der Waals surface area contributed by atoms with Gasteiger partial charge in [0.1, 0.15) is 17.9 Å². The molecule has 3 fully saturated rings. The number of aryl methyl sites for hydroxylation is 1. The molecule has 3 aromatic heterocycles. The number of imide groups is 1. The molecule has 12 heteroatoms. The van der Waals surface area contributed by atoms with Gasteiger partial charge in [0.2, 0.25) is 11.8 Å².